The SMILES string of the molecule is CC(C)CCC1(C)C[C@H](O)c2ccc(Br)cc2O1. The van der Waals surface area contributed by atoms with E-state index in [-0.39, 0.29) is 5.60 Å². The number of ether oxygens (including phenoxy) is 1. The summed E-state index contributed by atoms with van der Waals surface area (Å²) in [5, 5.41) is 10.3. The molecule has 18 heavy (non-hydrogen) atoms. The van der Waals surface area contributed by atoms with Crippen LogP contribution in [0.15, 0.2) is 22.7 Å². The molecule has 1 aliphatic rings. The van der Waals surface area contributed by atoms with Gasteiger partial charge in [0.2, 0.25) is 0 Å². The zero-order chi connectivity index (χ0) is 13.3. The van der Waals surface area contributed by atoms with Crippen LogP contribution in [0, 0.1) is 5.92 Å². The van der Waals surface area contributed by atoms with Gasteiger partial charge in [0.05, 0.1) is 6.10 Å². The molecule has 0 fully saturated rings. The van der Waals surface area contributed by atoms with Crippen LogP contribution in [0.1, 0.15) is 51.7 Å². The summed E-state index contributed by atoms with van der Waals surface area (Å²) in [5.74, 6) is 1.47. The van der Waals surface area contributed by atoms with Crippen molar-refractivity contribution >= 4 is 15.9 Å². The number of aliphatic hydroxyl groups excluding tert-OH is 1. The fourth-order valence-electron chi connectivity index (χ4n) is 2.45. The Labute approximate surface area is 117 Å². The Balaban J connectivity index is 2.20. The normalized spacial score (nSPS) is 26.9. The summed E-state index contributed by atoms with van der Waals surface area (Å²) >= 11 is 3.45. The molecule has 0 saturated carbocycles. The Hall–Kier alpha value is -0.540. The number of hydrogen-bond donors (Lipinski definition) is 1. The Kier molecular flexibility index (Phi) is 4.02. The van der Waals surface area contributed by atoms with Crippen molar-refractivity contribution in [2.24, 2.45) is 5.92 Å². The van der Waals surface area contributed by atoms with Gasteiger partial charge in [-0.1, -0.05) is 35.8 Å². The molecule has 0 saturated heterocycles. The number of fused-ring (bicyclic) bond motifs is 1. The van der Waals surface area contributed by atoms with Gasteiger partial charge in [0.1, 0.15) is 11.4 Å². The number of hydrogen-bond acceptors (Lipinski definition) is 2. The Morgan fingerprint density at radius 3 is 2.89 bits per heavy atom. The molecule has 0 aromatic heterocycles. The minimum Gasteiger partial charge on any atom is -0.487 e. The average molecular weight is 313 g/mol. The van der Waals surface area contributed by atoms with Gasteiger partial charge in [0.15, 0.2) is 0 Å². The Morgan fingerprint density at radius 1 is 1.50 bits per heavy atom. The predicted molar refractivity (Wildman–Crippen MR) is 76.8 cm³/mol. The van der Waals surface area contributed by atoms with Gasteiger partial charge >= 0.3 is 0 Å². The molecule has 0 spiro atoms. The second kappa shape index (κ2) is 5.22. The fraction of sp³-hybridized carbons (Fsp3) is 0.600. The summed E-state index contributed by atoms with van der Waals surface area (Å²) in [4.78, 5) is 0. The van der Waals surface area contributed by atoms with Gasteiger partial charge < -0.3 is 9.84 Å². The van der Waals surface area contributed by atoms with Gasteiger partial charge in [-0.15, -0.1) is 0 Å². The van der Waals surface area contributed by atoms with Crippen LogP contribution in [0.3, 0.4) is 0 Å². The molecule has 1 aromatic rings. The van der Waals surface area contributed by atoms with Crippen LogP contribution in [0.4, 0.5) is 0 Å². The van der Waals surface area contributed by atoms with E-state index in [1.807, 2.05) is 18.2 Å². The van der Waals surface area contributed by atoms with Crippen LogP contribution < -0.4 is 4.74 Å². The summed E-state index contributed by atoms with van der Waals surface area (Å²) < 4.78 is 7.12. The highest BCUT2D eigenvalue weighted by molar-refractivity contribution is 9.10. The van der Waals surface area contributed by atoms with E-state index in [9.17, 15) is 5.11 Å². The highest BCUT2D eigenvalue weighted by Gasteiger charge is 2.36. The maximum atomic E-state index is 10.3. The second-order valence-electron chi connectivity index (χ2n) is 5.89. The molecular weight excluding hydrogens is 292 g/mol. The average Bonchev–Trinajstić information content (AvgIpc) is 2.25. The van der Waals surface area contributed by atoms with Crippen LogP contribution >= 0.6 is 15.9 Å². The monoisotopic (exact) mass is 312 g/mol. The van der Waals surface area contributed by atoms with E-state index in [1.54, 1.807) is 0 Å². The first-order valence-corrected chi connectivity index (χ1v) is 7.35. The van der Waals surface area contributed by atoms with Gasteiger partial charge in [-0.05, 0) is 37.8 Å². The minimum absolute atomic E-state index is 0.252. The molecular formula is C15H21BrO2. The molecule has 0 aliphatic carbocycles. The lowest BCUT2D eigenvalue weighted by molar-refractivity contribution is -0.0101. The zero-order valence-electron chi connectivity index (χ0n) is 11.2. The van der Waals surface area contributed by atoms with E-state index in [0.29, 0.717) is 12.3 Å². The third kappa shape index (κ3) is 3.07. The number of aliphatic hydroxyl groups is 1. The fourth-order valence-corrected chi connectivity index (χ4v) is 2.79. The molecule has 3 heteroatoms. The van der Waals surface area contributed by atoms with E-state index in [1.165, 1.54) is 0 Å². The maximum Gasteiger partial charge on any atom is 0.127 e. The van der Waals surface area contributed by atoms with E-state index >= 15 is 0 Å². The van der Waals surface area contributed by atoms with Gasteiger partial charge in [-0.3, -0.25) is 0 Å². The molecule has 1 N–H and O–H groups in total. The van der Waals surface area contributed by atoms with Crippen molar-refractivity contribution in [3.8, 4) is 5.75 Å². The number of benzene rings is 1. The molecule has 1 heterocycles. The van der Waals surface area contributed by atoms with E-state index < -0.39 is 6.10 Å². The molecule has 2 rings (SSSR count). The predicted octanol–water partition coefficient (Wildman–Crippen LogP) is 4.46. The van der Waals surface area contributed by atoms with Crippen LogP contribution in [0.5, 0.6) is 5.75 Å². The first kappa shape index (κ1) is 13.9. The largest absolute Gasteiger partial charge is 0.487 e. The Bertz CT molecular complexity index is 431. The van der Waals surface area contributed by atoms with Gasteiger partial charge in [-0.2, -0.15) is 0 Å². The van der Waals surface area contributed by atoms with Crippen LogP contribution in [-0.4, -0.2) is 10.7 Å². The van der Waals surface area contributed by atoms with Gasteiger partial charge in [0, 0.05) is 16.5 Å². The summed E-state index contributed by atoms with van der Waals surface area (Å²) in [5.41, 5.74) is 0.650. The lowest BCUT2D eigenvalue weighted by Crippen LogP contribution is -2.38. The smallest absolute Gasteiger partial charge is 0.127 e. The van der Waals surface area contributed by atoms with Crippen molar-refractivity contribution in [1.29, 1.82) is 0 Å². The standard InChI is InChI=1S/C15H21BrO2/c1-10(2)6-7-15(3)9-13(17)12-5-4-11(16)8-14(12)18-15/h4-5,8,10,13,17H,6-7,9H2,1-3H3/t13-,15?/m0/s1. The van der Waals surface area contributed by atoms with Gasteiger partial charge in [-0.25, -0.2) is 0 Å². The number of halogens is 1. The first-order chi connectivity index (χ1) is 8.39. The molecule has 2 atom stereocenters. The molecule has 1 aromatic carbocycles. The highest BCUT2D eigenvalue weighted by atomic mass is 79.9. The van der Waals surface area contributed by atoms with Gasteiger partial charge in [0.25, 0.3) is 0 Å². The second-order valence-corrected chi connectivity index (χ2v) is 6.80. The zero-order valence-corrected chi connectivity index (χ0v) is 12.8. The molecule has 1 unspecified atom stereocenters. The van der Waals surface area contributed by atoms with Crippen molar-refractivity contribution in [2.75, 3.05) is 0 Å². The summed E-state index contributed by atoms with van der Waals surface area (Å²) in [6, 6.07) is 5.83. The van der Waals surface area contributed by atoms with Crippen molar-refractivity contribution in [3.63, 3.8) is 0 Å². The first-order valence-electron chi connectivity index (χ1n) is 6.56. The molecule has 100 valence electrons. The molecule has 0 amide bonds. The highest BCUT2D eigenvalue weighted by Crippen LogP contribution is 2.42. The molecule has 0 radical (unpaired) electrons. The van der Waals surface area contributed by atoms with E-state index in [4.69, 9.17) is 4.74 Å². The minimum atomic E-state index is -0.418. The quantitative estimate of drug-likeness (QED) is 0.893. The topological polar surface area (TPSA) is 29.5 Å². The number of rotatable bonds is 3. The van der Waals surface area contributed by atoms with E-state index in [0.717, 1.165) is 28.6 Å². The van der Waals surface area contributed by atoms with Crippen molar-refractivity contribution in [1.82, 2.24) is 0 Å². The third-order valence-electron chi connectivity index (χ3n) is 3.57. The Morgan fingerprint density at radius 2 is 2.22 bits per heavy atom. The lowest BCUT2D eigenvalue weighted by Gasteiger charge is -2.38. The summed E-state index contributed by atoms with van der Waals surface area (Å²) in [7, 11) is 0. The molecule has 1 aliphatic heterocycles. The van der Waals surface area contributed by atoms with Crippen LogP contribution in [0.2, 0.25) is 0 Å². The summed E-state index contributed by atoms with van der Waals surface area (Å²) in [6.07, 6.45) is 2.35. The van der Waals surface area contributed by atoms with Crippen LogP contribution in [-0.2, 0) is 0 Å². The maximum absolute atomic E-state index is 10.3. The third-order valence-corrected chi connectivity index (χ3v) is 4.06. The van der Waals surface area contributed by atoms with Crippen molar-refractivity contribution in [3.05, 3.63) is 28.2 Å². The van der Waals surface area contributed by atoms with Crippen LogP contribution in [0.25, 0.3) is 0 Å². The molecule has 0 bridgehead atoms. The lowest BCUT2D eigenvalue weighted by atomic mass is 9.85. The van der Waals surface area contributed by atoms with Crippen molar-refractivity contribution in [2.45, 2.75) is 51.7 Å². The summed E-state index contributed by atoms with van der Waals surface area (Å²) in [6.45, 7) is 6.53. The molecule has 2 nitrogen and oxygen atoms in total. The van der Waals surface area contributed by atoms with E-state index in [2.05, 4.69) is 36.7 Å². The van der Waals surface area contributed by atoms with Crippen molar-refractivity contribution < 1.29 is 9.84 Å².